The van der Waals surface area contributed by atoms with Gasteiger partial charge in [-0.2, -0.15) is 0 Å². The Morgan fingerprint density at radius 2 is 2.04 bits per heavy atom. The molecular weight excluding hydrogens is 334 g/mol. The number of para-hydroxylation sites is 1. The van der Waals surface area contributed by atoms with Crippen molar-refractivity contribution in [3.63, 3.8) is 0 Å². The van der Waals surface area contributed by atoms with Crippen molar-refractivity contribution < 1.29 is 4.74 Å². The van der Waals surface area contributed by atoms with E-state index in [0.29, 0.717) is 11.9 Å². The van der Waals surface area contributed by atoms with Crippen LogP contribution in [0.15, 0.2) is 58.7 Å². The third kappa shape index (κ3) is 3.60. The summed E-state index contributed by atoms with van der Waals surface area (Å²) in [4.78, 5) is 21.8. The average molecular weight is 353 g/mol. The van der Waals surface area contributed by atoms with E-state index >= 15 is 0 Å². The van der Waals surface area contributed by atoms with Crippen LogP contribution >= 0.6 is 11.8 Å². The van der Waals surface area contributed by atoms with Crippen LogP contribution in [0.25, 0.3) is 10.9 Å². The molecule has 3 aromatic rings. The zero-order chi connectivity index (χ0) is 17.1. The van der Waals surface area contributed by atoms with E-state index in [0.717, 1.165) is 41.4 Å². The van der Waals surface area contributed by atoms with Crippen LogP contribution in [-0.4, -0.2) is 27.2 Å². The first-order valence-electron chi connectivity index (χ1n) is 8.44. The van der Waals surface area contributed by atoms with E-state index in [9.17, 15) is 4.79 Å². The Morgan fingerprint density at radius 3 is 2.84 bits per heavy atom. The molecule has 0 bridgehead atoms. The Hall–Kier alpha value is -2.18. The largest absolute Gasteiger partial charge is 0.376 e. The number of ether oxygens (including phenoxy) is 1. The molecule has 2 aromatic heterocycles. The molecule has 0 N–H and O–H groups in total. The van der Waals surface area contributed by atoms with Gasteiger partial charge in [-0.1, -0.05) is 23.9 Å². The molecule has 0 amide bonds. The molecule has 1 aliphatic rings. The first-order chi connectivity index (χ1) is 12.3. The van der Waals surface area contributed by atoms with E-state index in [2.05, 4.69) is 4.98 Å². The monoisotopic (exact) mass is 353 g/mol. The number of aromatic nitrogens is 3. The number of benzene rings is 1. The lowest BCUT2D eigenvalue weighted by Crippen LogP contribution is -2.28. The third-order valence-corrected chi connectivity index (χ3v) is 5.40. The van der Waals surface area contributed by atoms with Crippen LogP contribution < -0.4 is 5.56 Å². The normalized spacial score (nSPS) is 17.2. The molecule has 1 aromatic carbocycles. The number of hydrogen-bond donors (Lipinski definition) is 0. The van der Waals surface area contributed by atoms with Crippen molar-refractivity contribution in [1.29, 1.82) is 0 Å². The fourth-order valence-electron chi connectivity index (χ4n) is 3.04. The second-order valence-electron chi connectivity index (χ2n) is 6.11. The number of pyridine rings is 1. The highest BCUT2D eigenvalue weighted by Crippen LogP contribution is 2.23. The lowest BCUT2D eigenvalue weighted by atomic mass is 10.2. The molecule has 1 atom stereocenters. The van der Waals surface area contributed by atoms with Crippen LogP contribution in [-0.2, 0) is 17.0 Å². The van der Waals surface area contributed by atoms with Gasteiger partial charge in [0, 0.05) is 24.8 Å². The molecule has 5 nitrogen and oxygen atoms in total. The highest BCUT2D eigenvalue weighted by atomic mass is 32.2. The first kappa shape index (κ1) is 16.3. The summed E-state index contributed by atoms with van der Waals surface area (Å²) in [5, 5.41) is 1.41. The first-order valence-corrected chi connectivity index (χ1v) is 9.43. The fraction of sp³-hybridized carbons (Fsp3) is 0.316. The quantitative estimate of drug-likeness (QED) is 0.520. The highest BCUT2D eigenvalue weighted by Gasteiger charge is 2.20. The summed E-state index contributed by atoms with van der Waals surface area (Å²) < 4.78 is 7.52. The summed E-state index contributed by atoms with van der Waals surface area (Å²) in [6.45, 7) is 1.34. The van der Waals surface area contributed by atoms with Crippen molar-refractivity contribution in [2.45, 2.75) is 36.4 Å². The van der Waals surface area contributed by atoms with Crippen LogP contribution in [0.1, 0.15) is 18.4 Å². The van der Waals surface area contributed by atoms with E-state index < -0.39 is 0 Å². The highest BCUT2D eigenvalue weighted by molar-refractivity contribution is 7.98. The topological polar surface area (TPSA) is 57.0 Å². The molecule has 0 radical (unpaired) electrons. The standard InChI is InChI=1S/C19H19N3O2S/c23-18-16-5-1-2-6-17(16)21-19(22(18)12-15-4-3-11-24-15)25-13-14-7-9-20-10-8-14/h1-2,5-10,15H,3-4,11-13H2/t15-/m1/s1. The van der Waals surface area contributed by atoms with Crippen LogP contribution in [0.4, 0.5) is 0 Å². The number of thioether (sulfide) groups is 1. The molecule has 6 heteroatoms. The van der Waals surface area contributed by atoms with Crippen molar-refractivity contribution in [2.24, 2.45) is 0 Å². The predicted molar refractivity (Wildman–Crippen MR) is 98.8 cm³/mol. The molecule has 1 saturated heterocycles. The van der Waals surface area contributed by atoms with Crippen molar-refractivity contribution in [1.82, 2.24) is 14.5 Å². The van der Waals surface area contributed by atoms with E-state index in [4.69, 9.17) is 9.72 Å². The van der Waals surface area contributed by atoms with Gasteiger partial charge in [0.25, 0.3) is 5.56 Å². The molecule has 0 unspecified atom stereocenters. The Balaban J connectivity index is 1.70. The molecule has 0 saturated carbocycles. The predicted octanol–water partition coefficient (Wildman–Crippen LogP) is 3.26. The van der Waals surface area contributed by atoms with E-state index in [1.165, 1.54) is 0 Å². The summed E-state index contributed by atoms with van der Waals surface area (Å²) in [7, 11) is 0. The Bertz CT molecular complexity index is 921. The maximum atomic E-state index is 13.0. The molecule has 0 aliphatic carbocycles. The lowest BCUT2D eigenvalue weighted by Gasteiger charge is -2.16. The summed E-state index contributed by atoms with van der Waals surface area (Å²) in [5.41, 5.74) is 1.91. The van der Waals surface area contributed by atoms with Crippen molar-refractivity contribution in [3.8, 4) is 0 Å². The van der Waals surface area contributed by atoms with Gasteiger partial charge in [0.2, 0.25) is 0 Å². The number of fused-ring (bicyclic) bond motifs is 1. The minimum atomic E-state index is 0.0123. The fourth-order valence-corrected chi connectivity index (χ4v) is 4.00. The molecule has 128 valence electrons. The number of rotatable bonds is 5. The van der Waals surface area contributed by atoms with Gasteiger partial charge in [-0.15, -0.1) is 0 Å². The molecule has 25 heavy (non-hydrogen) atoms. The maximum Gasteiger partial charge on any atom is 0.262 e. The lowest BCUT2D eigenvalue weighted by molar-refractivity contribution is 0.0937. The Kier molecular flexibility index (Phi) is 4.81. The van der Waals surface area contributed by atoms with E-state index in [1.807, 2.05) is 36.4 Å². The van der Waals surface area contributed by atoms with Gasteiger partial charge in [-0.05, 0) is 42.7 Å². The summed E-state index contributed by atoms with van der Waals surface area (Å²) >= 11 is 1.58. The molecule has 1 aliphatic heterocycles. The van der Waals surface area contributed by atoms with Gasteiger partial charge in [-0.25, -0.2) is 4.98 Å². The van der Waals surface area contributed by atoms with Gasteiger partial charge in [0.15, 0.2) is 5.16 Å². The Labute approximate surface area is 150 Å². The second-order valence-corrected chi connectivity index (χ2v) is 7.05. The van der Waals surface area contributed by atoms with Crippen LogP contribution in [0, 0.1) is 0 Å². The summed E-state index contributed by atoms with van der Waals surface area (Å²) in [6, 6.07) is 11.5. The smallest absolute Gasteiger partial charge is 0.262 e. The van der Waals surface area contributed by atoms with Crippen LogP contribution in [0.3, 0.4) is 0 Å². The van der Waals surface area contributed by atoms with E-state index in [1.54, 1.807) is 28.7 Å². The Morgan fingerprint density at radius 1 is 1.20 bits per heavy atom. The van der Waals surface area contributed by atoms with E-state index in [-0.39, 0.29) is 11.7 Å². The minimum absolute atomic E-state index is 0.0123. The zero-order valence-corrected chi connectivity index (χ0v) is 14.6. The zero-order valence-electron chi connectivity index (χ0n) is 13.8. The molecule has 3 heterocycles. The van der Waals surface area contributed by atoms with Crippen LogP contribution in [0.2, 0.25) is 0 Å². The SMILES string of the molecule is O=c1c2ccccc2nc(SCc2ccncc2)n1C[C@H]1CCCO1. The summed E-state index contributed by atoms with van der Waals surface area (Å²) in [6.07, 6.45) is 5.71. The van der Waals surface area contributed by atoms with Gasteiger partial charge in [-0.3, -0.25) is 14.3 Å². The molecular formula is C19H19N3O2S. The van der Waals surface area contributed by atoms with Gasteiger partial charge >= 0.3 is 0 Å². The summed E-state index contributed by atoms with van der Waals surface area (Å²) in [5.74, 6) is 0.749. The maximum absolute atomic E-state index is 13.0. The number of nitrogens with zero attached hydrogens (tertiary/aromatic N) is 3. The number of hydrogen-bond acceptors (Lipinski definition) is 5. The average Bonchev–Trinajstić information content (AvgIpc) is 3.17. The van der Waals surface area contributed by atoms with Gasteiger partial charge in [0.1, 0.15) is 0 Å². The second kappa shape index (κ2) is 7.37. The van der Waals surface area contributed by atoms with Gasteiger partial charge < -0.3 is 4.74 Å². The molecule has 1 fully saturated rings. The van der Waals surface area contributed by atoms with Crippen LogP contribution in [0.5, 0.6) is 0 Å². The molecule has 4 rings (SSSR count). The van der Waals surface area contributed by atoms with Crippen molar-refractivity contribution >= 4 is 22.7 Å². The van der Waals surface area contributed by atoms with Crippen molar-refractivity contribution in [3.05, 3.63) is 64.7 Å². The van der Waals surface area contributed by atoms with Crippen molar-refractivity contribution in [2.75, 3.05) is 6.61 Å². The molecule has 0 spiro atoms. The third-order valence-electron chi connectivity index (χ3n) is 4.35. The van der Waals surface area contributed by atoms with Gasteiger partial charge in [0.05, 0.1) is 23.6 Å². The minimum Gasteiger partial charge on any atom is -0.376 e.